The third-order valence-corrected chi connectivity index (χ3v) is 3.95. The average molecular weight is 304 g/mol. The molecule has 4 rings (SSSR count). The number of nitrogens with one attached hydrogen (secondary N) is 1. The van der Waals surface area contributed by atoms with Crippen LogP contribution < -0.4 is 10.1 Å². The summed E-state index contributed by atoms with van der Waals surface area (Å²) in [5.74, 6) is 1.56. The second kappa shape index (κ2) is 5.61. The van der Waals surface area contributed by atoms with E-state index >= 15 is 0 Å². The van der Waals surface area contributed by atoms with E-state index in [2.05, 4.69) is 39.7 Å². The first-order valence-corrected chi connectivity index (χ1v) is 7.43. The van der Waals surface area contributed by atoms with Crippen LogP contribution in [0, 0.1) is 0 Å². The summed E-state index contributed by atoms with van der Waals surface area (Å²) in [6, 6.07) is 18.1. The molecule has 3 aromatic rings. The van der Waals surface area contributed by atoms with E-state index in [1.807, 2.05) is 41.1 Å². The SMILES string of the molecule is COc1ccccc1[C@@H]1C=C(c2ccccc2)Nc2ncnn21. The predicted octanol–water partition coefficient (Wildman–Crippen LogP) is 3.34. The summed E-state index contributed by atoms with van der Waals surface area (Å²) in [6.07, 6.45) is 3.71. The molecule has 0 aliphatic carbocycles. The van der Waals surface area contributed by atoms with Crippen molar-refractivity contribution in [3.05, 3.63) is 78.1 Å². The topological polar surface area (TPSA) is 52.0 Å². The van der Waals surface area contributed by atoms with E-state index in [4.69, 9.17) is 4.74 Å². The van der Waals surface area contributed by atoms with Crippen LogP contribution in [0.1, 0.15) is 17.2 Å². The minimum absolute atomic E-state index is 0.0693. The Hall–Kier alpha value is -3.08. The van der Waals surface area contributed by atoms with Crippen molar-refractivity contribution < 1.29 is 4.74 Å². The largest absolute Gasteiger partial charge is 0.496 e. The Kier molecular flexibility index (Phi) is 3.31. The zero-order valence-electron chi connectivity index (χ0n) is 12.7. The monoisotopic (exact) mass is 304 g/mol. The summed E-state index contributed by atoms with van der Waals surface area (Å²) in [7, 11) is 1.68. The minimum atomic E-state index is -0.0693. The van der Waals surface area contributed by atoms with Crippen molar-refractivity contribution in [1.29, 1.82) is 0 Å². The molecule has 1 aliphatic heterocycles. The number of aromatic nitrogens is 3. The first kappa shape index (κ1) is 13.6. The Bertz CT molecular complexity index is 854. The summed E-state index contributed by atoms with van der Waals surface area (Å²) in [5, 5.41) is 7.70. The van der Waals surface area contributed by atoms with Crippen molar-refractivity contribution in [2.45, 2.75) is 6.04 Å². The van der Waals surface area contributed by atoms with Crippen LogP contribution in [0.3, 0.4) is 0 Å². The van der Waals surface area contributed by atoms with Crippen LogP contribution in [0.5, 0.6) is 5.75 Å². The number of ether oxygens (including phenoxy) is 1. The van der Waals surface area contributed by atoms with E-state index in [-0.39, 0.29) is 6.04 Å². The maximum absolute atomic E-state index is 5.52. The summed E-state index contributed by atoms with van der Waals surface area (Å²) in [5.41, 5.74) is 3.18. The zero-order valence-corrected chi connectivity index (χ0v) is 12.7. The van der Waals surface area contributed by atoms with Gasteiger partial charge in [-0.1, -0.05) is 48.5 Å². The van der Waals surface area contributed by atoms with E-state index in [0.29, 0.717) is 0 Å². The molecule has 0 unspecified atom stereocenters. The number of methoxy groups -OCH3 is 1. The molecule has 0 radical (unpaired) electrons. The average Bonchev–Trinajstić information content (AvgIpc) is 3.10. The van der Waals surface area contributed by atoms with Gasteiger partial charge in [0, 0.05) is 11.3 Å². The molecule has 114 valence electrons. The predicted molar refractivity (Wildman–Crippen MR) is 89.2 cm³/mol. The molecule has 2 heterocycles. The molecule has 5 heteroatoms. The number of para-hydroxylation sites is 1. The molecular formula is C18H16N4O. The van der Waals surface area contributed by atoms with Gasteiger partial charge < -0.3 is 10.1 Å². The number of nitrogens with zero attached hydrogens (tertiary/aromatic N) is 3. The van der Waals surface area contributed by atoms with Gasteiger partial charge in [0.2, 0.25) is 5.95 Å². The van der Waals surface area contributed by atoms with Gasteiger partial charge in [0.15, 0.2) is 0 Å². The standard InChI is InChI=1S/C18H16N4O/c1-23-17-10-6-5-9-14(17)16-11-15(13-7-3-2-4-8-13)21-18-19-12-20-22(16)18/h2-12,16H,1H3,(H,19,20,21)/t16-/m0/s1. The van der Waals surface area contributed by atoms with Crippen molar-refractivity contribution in [1.82, 2.24) is 14.8 Å². The van der Waals surface area contributed by atoms with E-state index in [1.165, 1.54) is 0 Å². The first-order valence-electron chi connectivity index (χ1n) is 7.43. The highest BCUT2D eigenvalue weighted by molar-refractivity contribution is 5.77. The lowest BCUT2D eigenvalue weighted by Gasteiger charge is -2.25. The number of rotatable bonds is 3. The molecule has 5 nitrogen and oxygen atoms in total. The highest BCUT2D eigenvalue weighted by Gasteiger charge is 2.25. The molecule has 1 aliphatic rings. The summed E-state index contributed by atoms with van der Waals surface area (Å²) < 4.78 is 7.39. The molecule has 2 aromatic carbocycles. The number of hydrogen-bond donors (Lipinski definition) is 1. The fourth-order valence-electron chi connectivity index (χ4n) is 2.85. The van der Waals surface area contributed by atoms with Crippen LogP contribution in [-0.4, -0.2) is 21.9 Å². The fraction of sp³-hybridized carbons (Fsp3) is 0.111. The fourth-order valence-corrected chi connectivity index (χ4v) is 2.85. The van der Waals surface area contributed by atoms with Crippen molar-refractivity contribution >= 4 is 11.6 Å². The van der Waals surface area contributed by atoms with Gasteiger partial charge in [-0.15, -0.1) is 0 Å². The van der Waals surface area contributed by atoms with E-state index in [1.54, 1.807) is 13.4 Å². The number of anilines is 1. The van der Waals surface area contributed by atoms with Crippen LogP contribution >= 0.6 is 0 Å². The van der Waals surface area contributed by atoms with Crippen molar-refractivity contribution in [3.63, 3.8) is 0 Å². The number of hydrogen-bond acceptors (Lipinski definition) is 4. The molecule has 0 fully saturated rings. The molecule has 0 bridgehead atoms. The van der Waals surface area contributed by atoms with E-state index in [9.17, 15) is 0 Å². The normalized spacial score (nSPS) is 16.2. The van der Waals surface area contributed by atoms with Crippen LogP contribution in [-0.2, 0) is 0 Å². The molecule has 0 saturated heterocycles. The number of allylic oxidation sites excluding steroid dienone is 1. The van der Waals surface area contributed by atoms with Crippen molar-refractivity contribution in [2.75, 3.05) is 12.4 Å². The molecular weight excluding hydrogens is 288 g/mol. The molecule has 1 N–H and O–H groups in total. The van der Waals surface area contributed by atoms with Crippen LogP contribution in [0.4, 0.5) is 5.95 Å². The van der Waals surface area contributed by atoms with Gasteiger partial charge >= 0.3 is 0 Å². The van der Waals surface area contributed by atoms with Gasteiger partial charge in [0.05, 0.1) is 7.11 Å². The van der Waals surface area contributed by atoms with Crippen molar-refractivity contribution in [2.24, 2.45) is 0 Å². The Morgan fingerprint density at radius 2 is 1.83 bits per heavy atom. The lowest BCUT2D eigenvalue weighted by Crippen LogP contribution is -2.20. The van der Waals surface area contributed by atoms with Gasteiger partial charge in [0.1, 0.15) is 18.1 Å². The van der Waals surface area contributed by atoms with Gasteiger partial charge in [-0.3, -0.25) is 0 Å². The lowest BCUT2D eigenvalue weighted by molar-refractivity contribution is 0.404. The smallest absolute Gasteiger partial charge is 0.226 e. The quantitative estimate of drug-likeness (QED) is 0.806. The van der Waals surface area contributed by atoms with Crippen LogP contribution in [0.15, 0.2) is 67.0 Å². The maximum atomic E-state index is 5.52. The van der Waals surface area contributed by atoms with E-state index in [0.717, 1.165) is 28.5 Å². The Morgan fingerprint density at radius 1 is 1.04 bits per heavy atom. The van der Waals surface area contributed by atoms with Crippen molar-refractivity contribution in [3.8, 4) is 5.75 Å². The summed E-state index contributed by atoms with van der Waals surface area (Å²) in [6.45, 7) is 0. The van der Waals surface area contributed by atoms with Crippen LogP contribution in [0.2, 0.25) is 0 Å². The molecule has 0 spiro atoms. The molecule has 23 heavy (non-hydrogen) atoms. The van der Waals surface area contributed by atoms with Gasteiger partial charge in [-0.05, 0) is 17.7 Å². The minimum Gasteiger partial charge on any atom is -0.496 e. The third kappa shape index (κ3) is 2.36. The van der Waals surface area contributed by atoms with Crippen LogP contribution in [0.25, 0.3) is 5.70 Å². The Morgan fingerprint density at radius 3 is 2.65 bits per heavy atom. The van der Waals surface area contributed by atoms with E-state index < -0.39 is 0 Å². The highest BCUT2D eigenvalue weighted by atomic mass is 16.5. The van der Waals surface area contributed by atoms with Gasteiger partial charge in [0.25, 0.3) is 0 Å². The number of benzene rings is 2. The molecule has 1 aromatic heterocycles. The Balaban J connectivity index is 1.85. The number of fused-ring (bicyclic) bond motifs is 1. The Labute approximate surface area is 134 Å². The molecule has 1 atom stereocenters. The molecule has 0 amide bonds. The lowest BCUT2D eigenvalue weighted by atomic mass is 10.0. The highest BCUT2D eigenvalue weighted by Crippen LogP contribution is 2.35. The van der Waals surface area contributed by atoms with Gasteiger partial charge in [-0.25, -0.2) is 4.68 Å². The molecule has 0 saturated carbocycles. The summed E-state index contributed by atoms with van der Waals surface area (Å²) >= 11 is 0. The zero-order chi connectivity index (χ0) is 15.6. The maximum Gasteiger partial charge on any atom is 0.226 e. The second-order valence-corrected chi connectivity index (χ2v) is 5.29. The summed E-state index contributed by atoms with van der Waals surface area (Å²) in [4.78, 5) is 4.32. The van der Waals surface area contributed by atoms with Gasteiger partial charge in [-0.2, -0.15) is 10.1 Å². The second-order valence-electron chi connectivity index (χ2n) is 5.29. The first-order chi connectivity index (χ1) is 11.4. The third-order valence-electron chi connectivity index (χ3n) is 3.95.